The molecule has 2 aromatic rings. The summed E-state index contributed by atoms with van der Waals surface area (Å²) in [7, 11) is 0. The fourth-order valence-electron chi connectivity index (χ4n) is 2.82. The van der Waals surface area contributed by atoms with E-state index < -0.39 is 0 Å². The van der Waals surface area contributed by atoms with Crippen LogP contribution in [0.15, 0.2) is 48.5 Å². The highest BCUT2D eigenvalue weighted by molar-refractivity contribution is 6.30. The molecule has 0 spiro atoms. The quantitative estimate of drug-likeness (QED) is 0.864. The summed E-state index contributed by atoms with van der Waals surface area (Å²) < 4.78 is 5.58. The van der Waals surface area contributed by atoms with E-state index in [9.17, 15) is 4.79 Å². The number of fused-ring (bicyclic) bond motifs is 1. The number of anilines is 1. The van der Waals surface area contributed by atoms with E-state index in [0.29, 0.717) is 18.2 Å². The fourth-order valence-corrected chi connectivity index (χ4v) is 2.94. The maximum absolute atomic E-state index is 12.4. The van der Waals surface area contributed by atoms with Crippen LogP contribution < -0.4 is 15.0 Å². The second-order valence-corrected chi connectivity index (χ2v) is 6.02. The van der Waals surface area contributed by atoms with Crippen LogP contribution in [0.25, 0.3) is 0 Å². The van der Waals surface area contributed by atoms with Gasteiger partial charge in [-0.2, -0.15) is 0 Å². The lowest BCUT2D eigenvalue weighted by atomic mass is 10.1. The first-order valence-corrected chi connectivity index (χ1v) is 8.06. The van der Waals surface area contributed by atoms with Gasteiger partial charge in [-0.1, -0.05) is 29.8 Å². The second kappa shape index (κ2) is 6.92. The number of hydrogen-bond acceptors (Lipinski definition) is 2. The van der Waals surface area contributed by atoms with E-state index in [0.717, 1.165) is 17.9 Å². The molecule has 0 radical (unpaired) electrons. The number of rotatable bonds is 4. The van der Waals surface area contributed by atoms with E-state index in [1.54, 1.807) is 12.1 Å². The normalized spacial score (nSPS) is 16.1. The summed E-state index contributed by atoms with van der Waals surface area (Å²) in [4.78, 5) is 14.2. The minimum absolute atomic E-state index is 0.0813. The molecule has 0 aromatic heterocycles. The lowest BCUT2D eigenvalue weighted by Crippen LogP contribution is -2.44. The van der Waals surface area contributed by atoms with Crippen molar-refractivity contribution in [2.45, 2.75) is 19.4 Å². The van der Waals surface area contributed by atoms with Crippen molar-refractivity contribution < 1.29 is 9.53 Å². The predicted octanol–water partition coefficient (Wildman–Crippen LogP) is 3.88. The molecule has 0 fully saturated rings. The first kappa shape index (κ1) is 15.7. The van der Waals surface area contributed by atoms with Gasteiger partial charge in [0, 0.05) is 16.8 Å². The minimum Gasteiger partial charge on any atom is -0.492 e. The van der Waals surface area contributed by atoms with Gasteiger partial charge in [-0.3, -0.25) is 4.90 Å². The molecule has 2 aromatic carbocycles. The zero-order valence-electron chi connectivity index (χ0n) is 13.0. The zero-order chi connectivity index (χ0) is 16.2. The lowest BCUT2D eigenvalue weighted by Gasteiger charge is -2.23. The summed E-state index contributed by atoms with van der Waals surface area (Å²) in [6, 6.07) is 15.3. The topological polar surface area (TPSA) is 41.6 Å². The third kappa shape index (κ3) is 3.59. The molecular formula is C18H19ClN2O2. The molecule has 1 unspecified atom stereocenters. The van der Waals surface area contributed by atoms with Gasteiger partial charge in [-0.25, -0.2) is 4.79 Å². The molecule has 1 N–H and O–H groups in total. The number of amides is 2. The molecule has 2 amide bonds. The number of urea groups is 1. The SMILES string of the molecule is CC1Cc2ccccc2N1C(=O)NCCOc1ccc(Cl)cc1. The number of nitrogens with zero attached hydrogens (tertiary/aromatic N) is 1. The Kier molecular flexibility index (Phi) is 4.72. The summed E-state index contributed by atoms with van der Waals surface area (Å²) in [5.74, 6) is 0.739. The first-order valence-electron chi connectivity index (χ1n) is 7.68. The molecule has 3 rings (SSSR count). The Morgan fingerprint density at radius 2 is 2.00 bits per heavy atom. The van der Waals surface area contributed by atoms with E-state index >= 15 is 0 Å². The first-order chi connectivity index (χ1) is 11.1. The van der Waals surface area contributed by atoms with Gasteiger partial charge < -0.3 is 10.1 Å². The third-order valence-electron chi connectivity index (χ3n) is 3.89. The van der Waals surface area contributed by atoms with Gasteiger partial charge in [0.15, 0.2) is 0 Å². The molecule has 0 aliphatic carbocycles. The Morgan fingerprint density at radius 1 is 1.26 bits per heavy atom. The number of carbonyl (C=O) groups is 1. The van der Waals surface area contributed by atoms with Gasteiger partial charge in [0.05, 0.1) is 6.54 Å². The molecule has 5 heteroatoms. The Balaban J connectivity index is 1.51. The molecule has 1 atom stereocenters. The number of benzene rings is 2. The van der Waals surface area contributed by atoms with E-state index in [4.69, 9.17) is 16.3 Å². The summed E-state index contributed by atoms with van der Waals surface area (Å²) >= 11 is 5.82. The van der Waals surface area contributed by atoms with E-state index in [2.05, 4.69) is 18.3 Å². The van der Waals surface area contributed by atoms with Gasteiger partial charge >= 0.3 is 6.03 Å². The predicted molar refractivity (Wildman–Crippen MR) is 92.4 cm³/mol. The van der Waals surface area contributed by atoms with Crippen LogP contribution in [-0.2, 0) is 6.42 Å². The van der Waals surface area contributed by atoms with Crippen LogP contribution in [-0.4, -0.2) is 25.2 Å². The number of para-hydroxylation sites is 1. The van der Waals surface area contributed by atoms with E-state index in [-0.39, 0.29) is 12.1 Å². The van der Waals surface area contributed by atoms with Gasteiger partial charge in [0.2, 0.25) is 0 Å². The van der Waals surface area contributed by atoms with Crippen molar-refractivity contribution in [3.8, 4) is 5.75 Å². The highest BCUT2D eigenvalue weighted by atomic mass is 35.5. The van der Waals surface area contributed by atoms with Gasteiger partial charge in [0.1, 0.15) is 12.4 Å². The highest BCUT2D eigenvalue weighted by Gasteiger charge is 2.30. The third-order valence-corrected chi connectivity index (χ3v) is 4.14. The average Bonchev–Trinajstić information content (AvgIpc) is 2.89. The molecule has 1 aliphatic rings. The number of nitrogens with one attached hydrogen (secondary N) is 1. The maximum Gasteiger partial charge on any atom is 0.322 e. The number of halogens is 1. The van der Waals surface area contributed by atoms with Crippen molar-refractivity contribution in [3.05, 3.63) is 59.1 Å². The molecule has 23 heavy (non-hydrogen) atoms. The van der Waals surface area contributed by atoms with Crippen LogP contribution in [0.5, 0.6) is 5.75 Å². The number of ether oxygens (including phenoxy) is 1. The van der Waals surface area contributed by atoms with Crippen molar-refractivity contribution >= 4 is 23.3 Å². The molecule has 0 saturated carbocycles. The zero-order valence-corrected chi connectivity index (χ0v) is 13.7. The Bertz CT molecular complexity index is 688. The van der Waals surface area contributed by atoms with Crippen LogP contribution >= 0.6 is 11.6 Å². The van der Waals surface area contributed by atoms with Crippen LogP contribution in [0.3, 0.4) is 0 Å². The molecule has 0 bridgehead atoms. The monoisotopic (exact) mass is 330 g/mol. The van der Waals surface area contributed by atoms with Gasteiger partial charge in [-0.15, -0.1) is 0 Å². The highest BCUT2D eigenvalue weighted by Crippen LogP contribution is 2.31. The van der Waals surface area contributed by atoms with Crippen molar-refractivity contribution in [1.82, 2.24) is 5.32 Å². The van der Waals surface area contributed by atoms with Crippen LogP contribution in [0.2, 0.25) is 5.02 Å². The van der Waals surface area contributed by atoms with Crippen molar-refractivity contribution in [2.24, 2.45) is 0 Å². The number of carbonyl (C=O) groups excluding carboxylic acids is 1. The molecular weight excluding hydrogens is 312 g/mol. The van der Waals surface area contributed by atoms with Crippen molar-refractivity contribution in [2.75, 3.05) is 18.1 Å². The molecule has 1 heterocycles. The van der Waals surface area contributed by atoms with Gasteiger partial charge in [-0.05, 0) is 49.2 Å². The molecule has 1 aliphatic heterocycles. The molecule has 4 nitrogen and oxygen atoms in total. The van der Waals surface area contributed by atoms with E-state index in [1.165, 1.54) is 5.56 Å². The smallest absolute Gasteiger partial charge is 0.322 e. The average molecular weight is 331 g/mol. The Hall–Kier alpha value is -2.20. The standard InChI is InChI=1S/C18H19ClN2O2/c1-13-12-14-4-2-3-5-17(14)21(13)18(22)20-10-11-23-16-8-6-15(19)7-9-16/h2-9,13H,10-12H2,1H3,(H,20,22). The van der Waals surface area contributed by atoms with Crippen LogP contribution in [0.4, 0.5) is 10.5 Å². The second-order valence-electron chi connectivity index (χ2n) is 5.59. The molecule has 0 saturated heterocycles. The summed E-state index contributed by atoms with van der Waals surface area (Å²) in [6.45, 7) is 2.92. The molecule has 120 valence electrons. The van der Waals surface area contributed by atoms with Gasteiger partial charge in [0.25, 0.3) is 0 Å². The van der Waals surface area contributed by atoms with Crippen molar-refractivity contribution in [3.63, 3.8) is 0 Å². The Morgan fingerprint density at radius 3 is 2.78 bits per heavy atom. The summed E-state index contributed by atoms with van der Waals surface area (Å²) in [5.41, 5.74) is 2.21. The number of hydrogen-bond donors (Lipinski definition) is 1. The van der Waals surface area contributed by atoms with Crippen LogP contribution in [0, 0.1) is 0 Å². The summed E-state index contributed by atoms with van der Waals surface area (Å²) in [5, 5.41) is 3.59. The van der Waals surface area contributed by atoms with Crippen LogP contribution in [0.1, 0.15) is 12.5 Å². The van der Waals surface area contributed by atoms with E-state index in [1.807, 2.05) is 35.2 Å². The summed E-state index contributed by atoms with van der Waals surface area (Å²) in [6.07, 6.45) is 0.894. The fraction of sp³-hybridized carbons (Fsp3) is 0.278. The van der Waals surface area contributed by atoms with Crippen molar-refractivity contribution in [1.29, 1.82) is 0 Å². The largest absolute Gasteiger partial charge is 0.492 e. The Labute approximate surface area is 141 Å². The lowest BCUT2D eigenvalue weighted by molar-refractivity contribution is 0.240. The minimum atomic E-state index is -0.0813. The maximum atomic E-state index is 12.4.